The van der Waals surface area contributed by atoms with E-state index < -0.39 is 0 Å². The molecule has 0 aliphatic heterocycles. The minimum Gasteiger partial charge on any atom is -0.346 e. The average Bonchev–Trinajstić information content (AvgIpc) is 3.14. The highest BCUT2D eigenvalue weighted by Crippen LogP contribution is 2.28. The summed E-state index contributed by atoms with van der Waals surface area (Å²) in [5.74, 6) is -0.295. The van der Waals surface area contributed by atoms with Gasteiger partial charge in [-0.25, -0.2) is 0 Å². The molecule has 1 heterocycles. The minimum absolute atomic E-state index is 0.247. The van der Waals surface area contributed by atoms with Crippen LogP contribution in [0.25, 0.3) is 11.1 Å². The Bertz CT molecular complexity index is 957. The smallest absolute Gasteiger partial charge is 0.282 e. The number of halogens is 3. The molecule has 0 aliphatic rings. The third-order valence-corrected chi connectivity index (χ3v) is 5.45. The molecule has 0 bridgehead atoms. The predicted molar refractivity (Wildman–Crippen MR) is 108 cm³/mol. The van der Waals surface area contributed by atoms with Crippen molar-refractivity contribution in [3.8, 4) is 0 Å². The van der Waals surface area contributed by atoms with E-state index in [1.807, 2.05) is 30.3 Å². The highest BCUT2D eigenvalue weighted by atomic mass is 35.5. The second-order valence-corrected chi connectivity index (χ2v) is 7.45. The molecule has 0 saturated carbocycles. The molecule has 0 spiro atoms. The van der Waals surface area contributed by atoms with Gasteiger partial charge in [0.1, 0.15) is 0 Å². The zero-order valence-electron chi connectivity index (χ0n) is 13.2. The van der Waals surface area contributed by atoms with Crippen molar-refractivity contribution in [2.24, 2.45) is 0 Å². The number of carbonyl (C=O) groups excluding carboxylic acids is 1. The Balaban J connectivity index is 1.69. The van der Waals surface area contributed by atoms with Crippen LogP contribution in [0.2, 0.25) is 10.0 Å². The van der Waals surface area contributed by atoms with Crippen molar-refractivity contribution in [2.75, 3.05) is 0 Å². The molecule has 0 radical (unpaired) electrons. The summed E-state index contributed by atoms with van der Waals surface area (Å²) in [6.07, 6.45) is 1.69. The fraction of sp³-hybridized carbons (Fsp3) is 0.0556. The molecule has 26 heavy (non-hydrogen) atoms. The average molecular weight is 425 g/mol. The maximum Gasteiger partial charge on any atom is 0.282 e. The SMILES string of the molecule is O=C(NCc1ccccc1)c1nnc(/C(Cl)=C/c2ccc(Cl)c(Cl)c2)s1. The number of hydrogen-bond acceptors (Lipinski definition) is 4. The lowest BCUT2D eigenvalue weighted by Crippen LogP contribution is -2.22. The van der Waals surface area contributed by atoms with Crippen LogP contribution in [-0.4, -0.2) is 16.1 Å². The van der Waals surface area contributed by atoms with Gasteiger partial charge in [-0.3, -0.25) is 4.79 Å². The van der Waals surface area contributed by atoms with Gasteiger partial charge in [-0.1, -0.05) is 82.5 Å². The minimum atomic E-state index is -0.295. The van der Waals surface area contributed by atoms with Crippen molar-refractivity contribution in [3.63, 3.8) is 0 Å². The van der Waals surface area contributed by atoms with E-state index in [-0.39, 0.29) is 10.9 Å². The summed E-state index contributed by atoms with van der Waals surface area (Å²) in [4.78, 5) is 12.2. The van der Waals surface area contributed by atoms with E-state index >= 15 is 0 Å². The first-order valence-electron chi connectivity index (χ1n) is 7.51. The molecule has 0 atom stereocenters. The first-order valence-corrected chi connectivity index (χ1v) is 9.46. The van der Waals surface area contributed by atoms with E-state index in [9.17, 15) is 4.79 Å². The lowest BCUT2D eigenvalue weighted by molar-refractivity contribution is 0.0950. The van der Waals surface area contributed by atoms with Gasteiger partial charge < -0.3 is 5.32 Å². The van der Waals surface area contributed by atoms with Gasteiger partial charge in [0.25, 0.3) is 5.91 Å². The summed E-state index contributed by atoms with van der Waals surface area (Å²) in [5.41, 5.74) is 1.78. The number of amides is 1. The number of nitrogens with one attached hydrogen (secondary N) is 1. The monoisotopic (exact) mass is 423 g/mol. The van der Waals surface area contributed by atoms with Crippen LogP contribution in [-0.2, 0) is 6.54 Å². The molecule has 132 valence electrons. The Morgan fingerprint density at radius 2 is 1.77 bits per heavy atom. The van der Waals surface area contributed by atoms with Crippen LogP contribution in [0.4, 0.5) is 0 Å². The van der Waals surface area contributed by atoms with Gasteiger partial charge in [0.05, 0.1) is 15.1 Å². The van der Waals surface area contributed by atoms with Crippen molar-refractivity contribution in [2.45, 2.75) is 6.54 Å². The molecular formula is C18H12Cl3N3OS. The predicted octanol–water partition coefficient (Wildman–Crippen LogP) is 5.51. The van der Waals surface area contributed by atoms with Gasteiger partial charge in [-0.2, -0.15) is 0 Å². The Kier molecular flexibility index (Phi) is 6.27. The highest BCUT2D eigenvalue weighted by molar-refractivity contribution is 7.15. The van der Waals surface area contributed by atoms with E-state index in [1.54, 1.807) is 24.3 Å². The van der Waals surface area contributed by atoms with Gasteiger partial charge in [0, 0.05) is 6.54 Å². The first kappa shape index (κ1) is 18.9. The number of nitrogens with zero attached hydrogens (tertiary/aromatic N) is 2. The molecule has 1 amide bonds. The van der Waals surface area contributed by atoms with E-state index in [2.05, 4.69) is 15.5 Å². The molecule has 8 heteroatoms. The molecule has 0 aliphatic carbocycles. The lowest BCUT2D eigenvalue weighted by atomic mass is 10.2. The molecule has 2 aromatic carbocycles. The topological polar surface area (TPSA) is 54.9 Å². The summed E-state index contributed by atoms with van der Waals surface area (Å²) in [7, 11) is 0. The molecule has 3 aromatic rings. The summed E-state index contributed by atoms with van der Waals surface area (Å²) >= 11 is 19.3. The molecule has 3 rings (SSSR count). The Hall–Kier alpha value is -1.92. The first-order chi connectivity index (χ1) is 12.5. The van der Waals surface area contributed by atoms with E-state index in [4.69, 9.17) is 34.8 Å². The number of benzene rings is 2. The van der Waals surface area contributed by atoms with E-state index in [0.717, 1.165) is 22.5 Å². The van der Waals surface area contributed by atoms with Gasteiger partial charge in [0.15, 0.2) is 5.01 Å². The molecule has 4 nitrogen and oxygen atoms in total. The van der Waals surface area contributed by atoms with Gasteiger partial charge >= 0.3 is 0 Å². The molecule has 0 saturated heterocycles. The largest absolute Gasteiger partial charge is 0.346 e. The number of hydrogen-bond donors (Lipinski definition) is 1. The van der Waals surface area contributed by atoms with Gasteiger partial charge in [0.2, 0.25) is 5.01 Å². The summed E-state index contributed by atoms with van der Waals surface area (Å²) in [6, 6.07) is 14.8. The quantitative estimate of drug-likeness (QED) is 0.587. The molecule has 0 fully saturated rings. The second kappa shape index (κ2) is 8.64. The third-order valence-electron chi connectivity index (χ3n) is 3.36. The van der Waals surface area contributed by atoms with Crippen LogP contribution >= 0.6 is 46.1 Å². The van der Waals surface area contributed by atoms with Crippen molar-refractivity contribution in [1.29, 1.82) is 0 Å². The Morgan fingerprint density at radius 1 is 1.04 bits per heavy atom. The van der Waals surface area contributed by atoms with Crippen molar-refractivity contribution >= 4 is 63.2 Å². The molecule has 0 unspecified atom stereocenters. The van der Waals surface area contributed by atoms with Crippen LogP contribution in [0.3, 0.4) is 0 Å². The van der Waals surface area contributed by atoms with Crippen LogP contribution in [0, 0.1) is 0 Å². The van der Waals surface area contributed by atoms with Crippen molar-refractivity contribution < 1.29 is 4.79 Å². The Labute approximate surface area is 169 Å². The maximum absolute atomic E-state index is 12.2. The van der Waals surface area contributed by atoms with Gasteiger partial charge in [-0.15, -0.1) is 10.2 Å². The Morgan fingerprint density at radius 3 is 2.50 bits per heavy atom. The van der Waals surface area contributed by atoms with Crippen LogP contribution in [0.15, 0.2) is 48.5 Å². The molecule has 1 N–H and O–H groups in total. The molecule has 1 aromatic heterocycles. The summed E-state index contributed by atoms with van der Waals surface area (Å²) in [5, 5.41) is 12.6. The number of rotatable bonds is 5. The van der Waals surface area contributed by atoms with Gasteiger partial charge in [-0.05, 0) is 29.3 Å². The van der Waals surface area contributed by atoms with Crippen molar-refractivity contribution in [1.82, 2.24) is 15.5 Å². The second-order valence-electron chi connectivity index (χ2n) is 5.25. The fourth-order valence-electron chi connectivity index (χ4n) is 2.08. The fourth-order valence-corrected chi connectivity index (χ4v) is 3.33. The zero-order valence-corrected chi connectivity index (χ0v) is 16.3. The number of aromatic nitrogens is 2. The molecular weight excluding hydrogens is 413 g/mol. The van der Waals surface area contributed by atoms with E-state index in [0.29, 0.717) is 26.6 Å². The standard InChI is InChI=1S/C18H12Cl3N3OS/c19-13-7-6-12(8-14(13)20)9-15(21)17-23-24-18(26-17)16(25)22-10-11-4-2-1-3-5-11/h1-9H,10H2,(H,22,25)/b15-9-. The summed E-state index contributed by atoms with van der Waals surface area (Å²) < 4.78 is 0. The zero-order chi connectivity index (χ0) is 18.5. The maximum atomic E-state index is 12.2. The van der Waals surface area contributed by atoms with Crippen molar-refractivity contribution in [3.05, 3.63) is 79.7 Å². The summed E-state index contributed by atoms with van der Waals surface area (Å²) in [6.45, 7) is 0.418. The van der Waals surface area contributed by atoms with Crippen LogP contribution in [0.5, 0.6) is 0 Å². The van der Waals surface area contributed by atoms with Crippen LogP contribution in [0.1, 0.15) is 25.9 Å². The normalized spacial score (nSPS) is 11.4. The lowest BCUT2D eigenvalue weighted by Gasteiger charge is -2.02. The number of carbonyl (C=O) groups is 1. The van der Waals surface area contributed by atoms with Crippen LogP contribution < -0.4 is 5.32 Å². The van der Waals surface area contributed by atoms with E-state index in [1.165, 1.54) is 0 Å². The third kappa shape index (κ3) is 4.83. The highest BCUT2D eigenvalue weighted by Gasteiger charge is 2.14.